The number of hydrogen-bond acceptors (Lipinski definition) is 5. The summed E-state index contributed by atoms with van der Waals surface area (Å²) in [5, 5.41) is 6.25. The van der Waals surface area contributed by atoms with Crippen LogP contribution in [0.2, 0.25) is 0 Å². The van der Waals surface area contributed by atoms with Crippen molar-refractivity contribution in [2.24, 2.45) is 5.73 Å². The molecule has 0 spiro atoms. The molecule has 26 heavy (non-hydrogen) atoms. The van der Waals surface area contributed by atoms with Gasteiger partial charge >= 0.3 is 0 Å². The second kappa shape index (κ2) is 8.55. The number of piperazine rings is 1. The number of amides is 2. The van der Waals surface area contributed by atoms with Crippen molar-refractivity contribution in [2.75, 3.05) is 31.5 Å². The van der Waals surface area contributed by atoms with Crippen molar-refractivity contribution in [3.8, 4) is 0 Å². The average molecular weight is 353 g/mol. The van der Waals surface area contributed by atoms with Gasteiger partial charge < -0.3 is 16.4 Å². The molecule has 4 N–H and O–H groups in total. The Kier molecular flexibility index (Phi) is 5.93. The van der Waals surface area contributed by atoms with Gasteiger partial charge in [-0.05, 0) is 35.9 Å². The molecule has 0 aliphatic carbocycles. The third-order valence-electron chi connectivity index (χ3n) is 4.50. The SMILES string of the molecule is NC(=O)c1ccc(NC(=O)CCN2CCNCC2c2cccnc2)cc1. The smallest absolute Gasteiger partial charge is 0.248 e. The maximum absolute atomic E-state index is 12.3. The first-order valence-electron chi connectivity index (χ1n) is 8.68. The van der Waals surface area contributed by atoms with Gasteiger partial charge in [0.15, 0.2) is 0 Å². The molecule has 1 fully saturated rings. The summed E-state index contributed by atoms with van der Waals surface area (Å²) >= 11 is 0. The molecule has 2 heterocycles. The second-order valence-corrected chi connectivity index (χ2v) is 6.28. The van der Waals surface area contributed by atoms with E-state index in [1.165, 1.54) is 0 Å². The van der Waals surface area contributed by atoms with Crippen molar-refractivity contribution in [3.63, 3.8) is 0 Å². The largest absolute Gasteiger partial charge is 0.366 e. The van der Waals surface area contributed by atoms with Crippen LogP contribution >= 0.6 is 0 Å². The van der Waals surface area contributed by atoms with Gasteiger partial charge in [-0.15, -0.1) is 0 Å². The number of hydrogen-bond donors (Lipinski definition) is 3. The van der Waals surface area contributed by atoms with Crippen molar-refractivity contribution in [2.45, 2.75) is 12.5 Å². The van der Waals surface area contributed by atoms with Crippen LogP contribution in [0, 0.1) is 0 Å². The lowest BCUT2D eigenvalue weighted by Gasteiger charge is -2.36. The zero-order valence-corrected chi connectivity index (χ0v) is 14.5. The Morgan fingerprint density at radius 1 is 1.27 bits per heavy atom. The Labute approximate surface area is 152 Å². The Hall–Kier alpha value is -2.77. The van der Waals surface area contributed by atoms with E-state index in [9.17, 15) is 9.59 Å². The summed E-state index contributed by atoms with van der Waals surface area (Å²) < 4.78 is 0. The molecule has 3 rings (SSSR count). The Morgan fingerprint density at radius 2 is 2.08 bits per heavy atom. The molecule has 1 aromatic carbocycles. The molecular weight excluding hydrogens is 330 g/mol. The minimum Gasteiger partial charge on any atom is -0.366 e. The maximum Gasteiger partial charge on any atom is 0.248 e. The van der Waals surface area contributed by atoms with Crippen molar-refractivity contribution < 1.29 is 9.59 Å². The number of nitrogens with one attached hydrogen (secondary N) is 2. The van der Waals surface area contributed by atoms with Gasteiger partial charge in [0.05, 0.1) is 0 Å². The summed E-state index contributed by atoms with van der Waals surface area (Å²) in [6.45, 7) is 3.32. The number of aromatic nitrogens is 1. The van der Waals surface area contributed by atoms with E-state index in [4.69, 9.17) is 5.73 Å². The first-order chi connectivity index (χ1) is 12.6. The highest BCUT2D eigenvalue weighted by Gasteiger charge is 2.24. The molecule has 1 aliphatic heterocycles. The van der Waals surface area contributed by atoms with E-state index in [0.29, 0.717) is 24.2 Å². The van der Waals surface area contributed by atoms with Crippen LogP contribution in [-0.2, 0) is 4.79 Å². The quantitative estimate of drug-likeness (QED) is 0.723. The minimum absolute atomic E-state index is 0.0553. The monoisotopic (exact) mass is 353 g/mol. The Balaban J connectivity index is 1.55. The van der Waals surface area contributed by atoms with Gasteiger partial charge in [0, 0.05) is 62.3 Å². The number of nitrogens with two attached hydrogens (primary N) is 1. The second-order valence-electron chi connectivity index (χ2n) is 6.28. The predicted octanol–water partition coefficient (Wildman–Crippen LogP) is 1.16. The maximum atomic E-state index is 12.3. The molecule has 1 unspecified atom stereocenters. The van der Waals surface area contributed by atoms with Crippen molar-refractivity contribution >= 4 is 17.5 Å². The van der Waals surface area contributed by atoms with Gasteiger partial charge in [-0.1, -0.05) is 6.07 Å². The van der Waals surface area contributed by atoms with E-state index in [2.05, 4.69) is 26.6 Å². The van der Waals surface area contributed by atoms with Gasteiger partial charge in [0.1, 0.15) is 0 Å². The van der Waals surface area contributed by atoms with E-state index in [-0.39, 0.29) is 11.9 Å². The molecule has 0 radical (unpaired) electrons. The number of pyridine rings is 1. The molecule has 7 nitrogen and oxygen atoms in total. The van der Waals surface area contributed by atoms with Crippen LogP contribution in [0.25, 0.3) is 0 Å². The topological polar surface area (TPSA) is 100 Å². The van der Waals surface area contributed by atoms with E-state index in [1.807, 2.05) is 12.3 Å². The lowest BCUT2D eigenvalue weighted by Crippen LogP contribution is -2.46. The summed E-state index contributed by atoms with van der Waals surface area (Å²) in [6, 6.07) is 10.8. The predicted molar refractivity (Wildman–Crippen MR) is 99.6 cm³/mol. The fourth-order valence-electron chi connectivity index (χ4n) is 3.10. The van der Waals surface area contributed by atoms with Crippen LogP contribution in [-0.4, -0.2) is 47.9 Å². The molecular formula is C19H23N5O2. The van der Waals surface area contributed by atoms with Crippen LogP contribution in [0.5, 0.6) is 0 Å². The highest BCUT2D eigenvalue weighted by molar-refractivity contribution is 5.94. The fraction of sp³-hybridized carbons (Fsp3) is 0.316. The molecule has 2 aromatic rings. The van der Waals surface area contributed by atoms with Crippen LogP contribution in [0.15, 0.2) is 48.8 Å². The van der Waals surface area contributed by atoms with Crippen LogP contribution in [0.4, 0.5) is 5.69 Å². The lowest BCUT2D eigenvalue weighted by atomic mass is 10.1. The van der Waals surface area contributed by atoms with Crippen molar-refractivity contribution in [1.82, 2.24) is 15.2 Å². The number of carbonyl (C=O) groups excluding carboxylic acids is 2. The average Bonchev–Trinajstić information content (AvgIpc) is 2.68. The molecule has 0 saturated carbocycles. The molecule has 1 saturated heterocycles. The molecule has 1 aromatic heterocycles. The first kappa shape index (κ1) is 18.0. The summed E-state index contributed by atoms with van der Waals surface area (Å²) in [4.78, 5) is 29.8. The van der Waals surface area contributed by atoms with Gasteiger partial charge in [0.2, 0.25) is 11.8 Å². The van der Waals surface area contributed by atoms with Gasteiger partial charge in [-0.25, -0.2) is 0 Å². The van der Waals surface area contributed by atoms with E-state index in [1.54, 1.807) is 30.5 Å². The Bertz CT molecular complexity index is 748. The Morgan fingerprint density at radius 3 is 2.77 bits per heavy atom. The highest BCUT2D eigenvalue weighted by Crippen LogP contribution is 2.21. The third-order valence-corrected chi connectivity index (χ3v) is 4.50. The van der Waals surface area contributed by atoms with E-state index >= 15 is 0 Å². The molecule has 136 valence electrons. The standard InChI is InChI=1S/C19H23N5O2/c20-19(26)14-3-5-16(6-4-14)23-18(25)7-10-24-11-9-22-13-17(24)15-2-1-8-21-12-15/h1-6,8,12,17,22H,7,9-11,13H2,(H2,20,26)(H,23,25). The zero-order chi connectivity index (χ0) is 18.4. The van der Waals surface area contributed by atoms with Gasteiger partial charge in [-0.3, -0.25) is 19.5 Å². The normalized spacial score (nSPS) is 17.6. The van der Waals surface area contributed by atoms with Gasteiger partial charge in [0.25, 0.3) is 0 Å². The van der Waals surface area contributed by atoms with Crippen molar-refractivity contribution in [3.05, 3.63) is 59.9 Å². The first-order valence-corrected chi connectivity index (χ1v) is 8.68. The van der Waals surface area contributed by atoms with Crippen LogP contribution in [0.1, 0.15) is 28.4 Å². The van der Waals surface area contributed by atoms with Crippen LogP contribution < -0.4 is 16.4 Å². The van der Waals surface area contributed by atoms with Crippen LogP contribution in [0.3, 0.4) is 0 Å². The number of anilines is 1. The number of nitrogens with zero attached hydrogens (tertiary/aromatic N) is 2. The molecule has 2 amide bonds. The third kappa shape index (κ3) is 4.65. The van der Waals surface area contributed by atoms with Gasteiger partial charge in [-0.2, -0.15) is 0 Å². The summed E-state index contributed by atoms with van der Waals surface area (Å²) in [6.07, 6.45) is 4.04. The molecule has 0 bridgehead atoms. The van der Waals surface area contributed by atoms with Crippen molar-refractivity contribution in [1.29, 1.82) is 0 Å². The molecule has 1 atom stereocenters. The number of primary amides is 1. The molecule has 1 aliphatic rings. The summed E-state index contributed by atoms with van der Waals surface area (Å²) in [5.41, 5.74) is 7.45. The zero-order valence-electron chi connectivity index (χ0n) is 14.5. The van der Waals surface area contributed by atoms with E-state index in [0.717, 1.165) is 25.2 Å². The number of benzene rings is 1. The lowest BCUT2D eigenvalue weighted by molar-refractivity contribution is -0.116. The number of rotatable bonds is 6. The van der Waals surface area contributed by atoms with E-state index < -0.39 is 5.91 Å². The fourth-order valence-corrected chi connectivity index (χ4v) is 3.10. The summed E-state index contributed by atoms with van der Waals surface area (Å²) in [5.74, 6) is -0.539. The molecule has 7 heteroatoms. The minimum atomic E-state index is -0.483. The number of carbonyl (C=O) groups is 2. The highest BCUT2D eigenvalue weighted by atomic mass is 16.2. The summed E-state index contributed by atoms with van der Waals surface area (Å²) in [7, 11) is 0.